The molecule has 2 aromatic rings. The van der Waals surface area contributed by atoms with E-state index < -0.39 is 6.09 Å². The number of tetrazole rings is 1. The van der Waals surface area contributed by atoms with E-state index in [4.69, 9.17) is 17.0 Å². The summed E-state index contributed by atoms with van der Waals surface area (Å²) in [5.74, 6) is 0. The number of hydrogen-bond acceptors (Lipinski definition) is 5. The van der Waals surface area contributed by atoms with E-state index in [-0.39, 0.29) is 0 Å². The maximum Gasteiger partial charge on any atom is 0.411 e. The summed E-state index contributed by atoms with van der Waals surface area (Å²) in [6, 6.07) is 7.06. The molecular weight excluding hydrogens is 460 g/mol. The molecule has 8 nitrogen and oxygen atoms in total. The Balaban J connectivity index is 0.000000351. The Kier molecular flexibility index (Phi) is 15.9. The first-order valence-corrected chi connectivity index (χ1v) is 13.7. The first-order chi connectivity index (χ1) is 16.9. The number of amides is 1. The van der Waals surface area contributed by atoms with Gasteiger partial charge in [0.15, 0.2) is 0 Å². The van der Waals surface area contributed by atoms with Gasteiger partial charge in [-0.15, -0.1) is 0 Å². The lowest BCUT2D eigenvalue weighted by molar-refractivity contribution is -0.929. The number of nitrogens with one attached hydrogen (secondary N) is 2. The van der Waals surface area contributed by atoms with Crippen molar-refractivity contribution in [2.24, 2.45) is 0 Å². The van der Waals surface area contributed by atoms with Gasteiger partial charge >= 0.3 is 6.09 Å². The van der Waals surface area contributed by atoms with Crippen molar-refractivity contribution in [1.82, 2.24) is 20.2 Å². The molecule has 0 saturated heterocycles. The molecule has 0 fully saturated rings. The fraction of sp³-hybridized carbons (Fsp3) is 0.692. The van der Waals surface area contributed by atoms with Crippen LogP contribution in [0, 0.1) is 4.77 Å². The summed E-state index contributed by atoms with van der Waals surface area (Å²) < 4.78 is 8.04. The number of unbranched alkanes of at least 4 members (excludes halogenated alkanes) is 4. The Morgan fingerprint density at radius 3 is 1.94 bits per heavy atom. The zero-order valence-electron chi connectivity index (χ0n) is 22.5. The highest BCUT2D eigenvalue weighted by molar-refractivity contribution is 7.71. The maximum atomic E-state index is 11.3. The third-order valence-corrected chi connectivity index (χ3v) is 6.31. The van der Waals surface area contributed by atoms with E-state index in [1.54, 1.807) is 25.1 Å². The Hall–Kier alpha value is -2.26. The highest BCUT2D eigenvalue weighted by Crippen LogP contribution is 2.16. The van der Waals surface area contributed by atoms with Crippen molar-refractivity contribution >= 4 is 24.0 Å². The monoisotopic (exact) mass is 507 g/mol. The van der Waals surface area contributed by atoms with Crippen LogP contribution in [0.1, 0.15) is 86.0 Å². The number of carbonyl (C=O) groups excluding carboxylic acids is 1. The first kappa shape index (κ1) is 30.8. The topological polar surface area (TPSA) is 84.8 Å². The van der Waals surface area contributed by atoms with Crippen LogP contribution in [0.5, 0.6) is 0 Å². The minimum Gasteiger partial charge on any atom is -0.450 e. The van der Waals surface area contributed by atoms with E-state index in [0.717, 1.165) is 5.69 Å². The van der Waals surface area contributed by atoms with Gasteiger partial charge in [0.25, 0.3) is 0 Å². The van der Waals surface area contributed by atoms with E-state index in [1.807, 2.05) is 6.07 Å². The number of hydrogen-bond donors (Lipinski definition) is 2. The summed E-state index contributed by atoms with van der Waals surface area (Å²) in [5.41, 5.74) is 1.32. The molecule has 0 atom stereocenters. The number of aromatic nitrogens is 4. The number of aromatic amines is 1. The number of nitrogens with zero attached hydrogens (tertiary/aromatic N) is 4. The van der Waals surface area contributed by atoms with Crippen molar-refractivity contribution in [2.75, 3.05) is 38.1 Å². The molecule has 0 spiro atoms. The highest BCUT2D eigenvalue weighted by Gasteiger charge is 2.24. The molecule has 1 aromatic heterocycles. The van der Waals surface area contributed by atoms with E-state index in [2.05, 4.69) is 48.5 Å². The summed E-state index contributed by atoms with van der Waals surface area (Å²) in [6.45, 7) is 17.1. The molecule has 35 heavy (non-hydrogen) atoms. The SMILES string of the molecule is CCCC[N+](CCCC)(CCCC)CCCC.CCOC(=O)Nc1cccc(-n2[nH]nnc2=S)c1. The van der Waals surface area contributed by atoms with Gasteiger partial charge in [-0.05, 0) is 63.0 Å². The Morgan fingerprint density at radius 1 is 0.971 bits per heavy atom. The predicted molar refractivity (Wildman–Crippen MR) is 147 cm³/mol. The van der Waals surface area contributed by atoms with E-state index in [0.29, 0.717) is 17.1 Å². The second kappa shape index (κ2) is 18.1. The van der Waals surface area contributed by atoms with Crippen molar-refractivity contribution < 1.29 is 14.0 Å². The third-order valence-electron chi connectivity index (χ3n) is 6.04. The summed E-state index contributed by atoms with van der Waals surface area (Å²) in [7, 11) is 0. The molecule has 9 heteroatoms. The van der Waals surface area contributed by atoms with Crippen LogP contribution >= 0.6 is 12.2 Å². The fourth-order valence-electron chi connectivity index (χ4n) is 4.02. The van der Waals surface area contributed by atoms with Gasteiger partial charge < -0.3 is 9.22 Å². The van der Waals surface area contributed by atoms with Crippen LogP contribution < -0.4 is 5.32 Å². The van der Waals surface area contributed by atoms with E-state index in [9.17, 15) is 4.79 Å². The normalized spacial score (nSPS) is 11.0. The number of quaternary nitrogens is 1. The van der Waals surface area contributed by atoms with Crippen LogP contribution in [0.4, 0.5) is 10.5 Å². The average Bonchev–Trinajstić information content (AvgIpc) is 3.29. The second-order valence-corrected chi connectivity index (χ2v) is 9.33. The van der Waals surface area contributed by atoms with Gasteiger partial charge in [0.05, 0.1) is 38.5 Å². The van der Waals surface area contributed by atoms with Crippen LogP contribution in [0.25, 0.3) is 5.69 Å². The van der Waals surface area contributed by atoms with Crippen molar-refractivity contribution in [2.45, 2.75) is 86.0 Å². The Bertz CT molecular complexity index is 845. The van der Waals surface area contributed by atoms with Gasteiger partial charge in [-0.1, -0.05) is 69.8 Å². The molecule has 1 amide bonds. The molecule has 0 aliphatic heterocycles. The molecule has 1 aromatic carbocycles. The standard InChI is InChI=1S/C16H36N.C10H11N5O2S/c1-5-9-13-17(14-10-6-2,15-11-7-3)16-12-8-4;1-2-17-10(16)11-7-4-3-5-8(6-7)15-9(18)12-13-14-15/h5-16H2,1-4H3;3-6H,2H2,1H3,(H,11,16)(H,12,14,18)/q+1;. The predicted octanol–water partition coefficient (Wildman–Crippen LogP) is 6.90. The minimum absolute atomic E-state index is 0.309. The quantitative estimate of drug-likeness (QED) is 0.202. The lowest BCUT2D eigenvalue weighted by Gasteiger charge is -2.39. The van der Waals surface area contributed by atoms with Crippen LogP contribution in [0.2, 0.25) is 0 Å². The molecule has 0 unspecified atom stereocenters. The third kappa shape index (κ3) is 11.8. The first-order valence-electron chi connectivity index (χ1n) is 13.3. The van der Waals surface area contributed by atoms with Crippen molar-refractivity contribution in [3.8, 4) is 5.69 Å². The molecular formula is C26H47N6O2S+. The Labute approximate surface area is 217 Å². The van der Waals surface area contributed by atoms with Gasteiger partial charge in [-0.2, -0.15) is 5.21 Å². The molecule has 198 valence electrons. The number of anilines is 1. The average molecular weight is 508 g/mol. The number of H-pyrrole nitrogens is 1. The second-order valence-electron chi connectivity index (χ2n) is 8.96. The van der Waals surface area contributed by atoms with Crippen LogP contribution in [0.15, 0.2) is 24.3 Å². The Morgan fingerprint density at radius 2 is 1.51 bits per heavy atom. The van der Waals surface area contributed by atoms with Gasteiger partial charge in [0.2, 0.25) is 4.77 Å². The zero-order valence-corrected chi connectivity index (χ0v) is 23.3. The van der Waals surface area contributed by atoms with Crippen LogP contribution in [-0.2, 0) is 4.74 Å². The highest BCUT2D eigenvalue weighted by atomic mass is 32.1. The van der Waals surface area contributed by atoms with Gasteiger partial charge in [0, 0.05) is 5.69 Å². The van der Waals surface area contributed by atoms with Crippen molar-refractivity contribution in [3.05, 3.63) is 29.0 Å². The van der Waals surface area contributed by atoms with Crippen LogP contribution in [0.3, 0.4) is 0 Å². The van der Waals surface area contributed by atoms with Gasteiger partial charge in [-0.25, -0.2) is 9.48 Å². The van der Waals surface area contributed by atoms with Crippen LogP contribution in [-0.4, -0.2) is 63.6 Å². The lowest BCUT2D eigenvalue weighted by Crippen LogP contribution is -2.50. The molecule has 1 heterocycles. The van der Waals surface area contributed by atoms with Crippen molar-refractivity contribution in [3.63, 3.8) is 0 Å². The van der Waals surface area contributed by atoms with Crippen molar-refractivity contribution in [1.29, 1.82) is 0 Å². The fourth-order valence-corrected chi connectivity index (χ4v) is 4.21. The molecule has 0 radical (unpaired) electrons. The largest absolute Gasteiger partial charge is 0.450 e. The zero-order chi connectivity index (χ0) is 25.9. The molecule has 2 N–H and O–H groups in total. The van der Waals surface area contributed by atoms with Gasteiger partial charge in [-0.3, -0.25) is 5.32 Å². The maximum absolute atomic E-state index is 11.3. The minimum atomic E-state index is -0.499. The number of carbonyl (C=O) groups is 1. The molecule has 0 saturated carbocycles. The summed E-state index contributed by atoms with van der Waals surface area (Å²) in [5, 5.41) is 12.5. The van der Waals surface area contributed by atoms with Gasteiger partial charge in [0.1, 0.15) is 0 Å². The summed E-state index contributed by atoms with van der Waals surface area (Å²) >= 11 is 4.99. The summed E-state index contributed by atoms with van der Waals surface area (Å²) in [6.07, 6.45) is 10.6. The summed E-state index contributed by atoms with van der Waals surface area (Å²) in [4.78, 5) is 11.3. The smallest absolute Gasteiger partial charge is 0.411 e. The molecule has 0 aliphatic rings. The molecule has 2 rings (SSSR count). The lowest BCUT2D eigenvalue weighted by atomic mass is 10.1. The number of ether oxygens (including phenoxy) is 1. The molecule has 0 aliphatic carbocycles. The van der Waals surface area contributed by atoms with E-state index >= 15 is 0 Å². The number of rotatable bonds is 15. The number of benzene rings is 1. The van der Waals surface area contributed by atoms with E-state index in [1.165, 1.54) is 86.7 Å². The molecule has 0 bridgehead atoms.